The fraction of sp³-hybridized carbons (Fsp3) is 0.250. The molecule has 0 unspecified atom stereocenters. The Kier molecular flexibility index (Phi) is 6.23. The number of rotatable bonds is 4. The molecule has 3 aromatic heterocycles. The number of primary amides is 1. The summed E-state index contributed by atoms with van der Waals surface area (Å²) in [6.07, 6.45) is -1.34. The number of hydrogen-bond acceptors (Lipinski definition) is 7. The van der Waals surface area contributed by atoms with Gasteiger partial charge in [0, 0.05) is 12.3 Å². The van der Waals surface area contributed by atoms with Crippen LogP contribution in [0, 0.1) is 0 Å². The Morgan fingerprint density at radius 3 is 2.64 bits per heavy atom. The molecule has 0 radical (unpaired) electrons. The van der Waals surface area contributed by atoms with Crippen LogP contribution in [0.15, 0.2) is 30.6 Å². The van der Waals surface area contributed by atoms with Gasteiger partial charge < -0.3 is 21.5 Å². The highest BCUT2D eigenvalue weighted by molar-refractivity contribution is 5.98. The highest BCUT2D eigenvalue weighted by atomic mass is 19.4. The first-order valence-electron chi connectivity index (χ1n) is 8.08. The molecule has 0 atom stereocenters. The monoisotopic (exact) mass is 397 g/mol. The fourth-order valence-corrected chi connectivity index (χ4v) is 2.04. The van der Waals surface area contributed by atoms with Crippen molar-refractivity contribution in [2.45, 2.75) is 26.6 Å². The quantitative estimate of drug-likeness (QED) is 0.616. The minimum absolute atomic E-state index is 0.00769. The maximum atomic E-state index is 12.4. The molecule has 0 aliphatic heterocycles. The number of halogens is 3. The second kappa shape index (κ2) is 8.41. The summed E-state index contributed by atoms with van der Waals surface area (Å²) in [5.74, 6) is -1.34. The molecule has 0 fully saturated rings. The summed E-state index contributed by atoms with van der Waals surface area (Å²) in [5.41, 5.74) is 11.0. The largest absolute Gasteiger partial charge is 0.574 e. The van der Waals surface area contributed by atoms with Crippen molar-refractivity contribution in [2.24, 2.45) is 5.73 Å². The second-order valence-electron chi connectivity index (χ2n) is 5.46. The van der Waals surface area contributed by atoms with E-state index in [0.717, 1.165) is 6.20 Å². The molecule has 150 valence electrons. The third kappa shape index (κ3) is 4.99. The number of nitrogens with zero attached hydrogens (tertiary/aromatic N) is 4. The van der Waals surface area contributed by atoms with E-state index in [9.17, 15) is 18.0 Å². The van der Waals surface area contributed by atoms with Crippen molar-refractivity contribution in [2.75, 3.05) is 11.1 Å². The normalized spacial score (nSPS) is 10.9. The Labute approximate surface area is 157 Å². The Hall–Kier alpha value is -3.57. The topological polar surface area (TPSA) is 133 Å². The number of hydrogen-bond donors (Lipinski definition) is 3. The van der Waals surface area contributed by atoms with Crippen LogP contribution in [0.4, 0.5) is 30.5 Å². The number of fused-ring (bicyclic) bond motifs is 1. The number of nitrogens with two attached hydrogens (primary N) is 2. The number of anilines is 3. The molecule has 9 nitrogen and oxygen atoms in total. The molecule has 0 bridgehead atoms. The van der Waals surface area contributed by atoms with E-state index in [1.54, 1.807) is 0 Å². The average Bonchev–Trinajstić information content (AvgIpc) is 3.01. The Morgan fingerprint density at radius 1 is 1.36 bits per heavy atom. The minimum atomic E-state index is -4.91. The lowest BCUT2D eigenvalue weighted by Gasteiger charge is -2.13. The van der Waals surface area contributed by atoms with Crippen molar-refractivity contribution in [3.05, 3.63) is 36.2 Å². The Balaban J connectivity index is 0.000000878. The molecule has 12 heteroatoms. The summed E-state index contributed by atoms with van der Waals surface area (Å²) in [4.78, 5) is 19.0. The molecule has 3 heterocycles. The Bertz CT molecular complexity index is 973. The van der Waals surface area contributed by atoms with E-state index in [1.165, 1.54) is 35.3 Å². The second-order valence-corrected chi connectivity index (χ2v) is 5.46. The molecule has 0 aromatic carbocycles. The first-order valence-corrected chi connectivity index (χ1v) is 8.08. The van der Waals surface area contributed by atoms with Gasteiger partial charge >= 0.3 is 6.36 Å². The summed E-state index contributed by atoms with van der Waals surface area (Å²) in [7, 11) is 0. The van der Waals surface area contributed by atoms with Crippen LogP contribution in [0.25, 0.3) is 5.65 Å². The molecular weight excluding hydrogens is 379 g/mol. The maximum absolute atomic E-state index is 12.4. The molecule has 0 aliphatic carbocycles. The maximum Gasteiger partial charge on any atom is 0.574 e. The number of alkyl halides is 3. The van der Waals surface area contributed by atoms with Gasteiger partial charge in [-0.3, -0.25) is 4.79 Å². The van der Waals surface area contributed by atoms with Crippen LogP contribution in [0.1, 0.15) is 30.6 Å². The van der Waals surface area contributed by atoms with E-state index >= 15 is 0 Å². The zero-order valence-electron chi connectivity index (χ0n) is 15.0. The lowest BCUT2D eigenvalue weighted by Crippen LogP contribution is -2.18. The smallest absolute Gasteiger partial charge is 0.386 e. The summed E-state index contributed by atoms with van der Waals surface area (Å²) in [6, 6.07) is 4.03. The van der Waals surface area contributed by atoms with Gasteiger partial charge in [-0.1, -0.05) is 20.3 Å². The molecule has 1 amide bonds. The van der Waals surface area contributed by atoms with Crippen molar-refractivity contribution >= 4 is 28.9 Å². The molecule has 0 spiro atoms. The summed E-state index contributed by atoms with van der Waals surface area (Å²) in [5, 5.41) is 6.48. The zero-order chi connectivity index (χ0) is 20.9. The van der Waals surface area contributed by atoms with Crippen molar-refractivity contribution < 1.29 is 22.7 Å². The SMILES string of the molecule is CCC.NC(=O)c1cnn2c(N)cc(Nc3cccnc3OC(F)(F)F)nc12. The van der Waals surface area contributed by atoms with E-state index in [0.29, 0.717) is 0 Å². The number of aromatic nitrogens is 4. The number of pyridine rings is 1. The van der Waals surface area contributed by atoms with Gasteiger partial charge in [0.1, 0.15) is 22.9 Å². The van der Waals surface area contributed by atoms with Gasteiger partial charge in [-0.15, -0.1) is 13.2 Å². The highest BCUT2D eigenvalue weighted by Gasteiger charge is 2.33. The van der Waals surface area contributed by atoms with Crippen molar-refractivity contribution in [1.29, 1.82) is 0 Å². The lowest BCUT2D eigenvalue weighted by atomic mass is 10.3. The number of carbonyl (C=O) groups is 1. The average molecular weight is 397 g/mol. The number of amides is 1. The minimum Gasteiger partial charge on any atom is -0.386 e. The Morgan fingerprint density at radius 2 is 2.04 bits per heavy atom. The molecule has 0 aliphatic rings. The van der Waals surface area contributed by atoms with E-state index in [2.05, 4.69) is 39.0 Å². The van der Waals surface area contributed by atoms with Crippen LogP contribution >= 0.6 is 0 Å². The molecule has 0 saturated carbocycles. The summed E-state index contributed by atoms with van der Waals surface area (Å²) >= 11 is 0. The van der Waals surface area contributed by atoms with Crippen molar-refractivity contribution in [3.63, 3.8) is 0 Å². The standard InChI is InChI=1S/C13H10F3N7O2.C3H8/c14-13(15,16)25-12-7(2-1-3-19-12)21-9-4-8(17)23-11(22-9)6(5-20-23)10(18)24;1-3-2/h1-5H,17H2,(H2,18,24)(H,21,22);3H2,1-2H3. The van der Waals surface area contributed by atoms with Crippen LogP contribution in [0.5, 0.6) is 5.88 Å². The fourth-order valence-electron chi connectivity index (χ4n) is 2.04. The highest BCUT2D eigenvalue weighted by Crippen LogP contribution is 2.30. The van der Waals surface area contributed by atoms with Gasteiger partial charge in [0.2, 0.25) is 5.88 Å². The van der Waals surface area contributed by atoms with Crippen LogP contribution in [0.3, 0.4) is 0 Å². The molecule has 0 saturated heterocycles. The molecule has 28 heavy (non-hydrogen) atoms. The third-order valence-corrected chi connectivity index (χ3v) is 3.01. The van der Waals surface area contributed by atoms with Crippen LogP contribution < -0.4 is 21.5 Å². The number of nitrogens with one attached hydrogen (secondary N) is 1. The lowest BCUT2D eigenvalue weighted by molar-refractivity contribution is -0.275. The van der Waals surface area contributed by atoms with Crippen molar-refractivity contribution in [3.8, 4) is 5.88 Å². The van der Waals surface area contributed by atoms with Gasteiger partial charge in [0.25, 0.3) is 5.91 Å². The van der Waals surface area contributed by atoms with Crippen LogP contribution in [-0.2, 0) is 0 Å². The van der Waals surface area contributed by atoms with Crippen LogP contribution in [0.2, 0.25) is 0 Å². The van der Waals surface area contributed by atoms with Gasteiger partial charge in [-0.25, -0.2) is 9.97 Å². The molecule has 3 rings (SSSR count). The van der Waals surface area contributed by atoms with Gasteiger partial charge in [-0.05, 0) is 12.1 Å². The van der Waals surface area contributed by atoms with E-state index < -0.39 is 18.1 Å². The van der Waals surface area contributed by atoms with E-state index in [1.807, 2.05) is 0 Å². The van der Waals surface area contributed by atoms with Crippen molar-refractivity contribution in [1.82, 2.24) is 19.6 Å². The number of carbonyl (C=O) groups excluding carboxylic acids is 1. The van der Waals surface area contributed by atoms with E-state index in [4.69, 9.17) is 11.5 Å². The van der Waals surface area contributed by atoms with Gasteiger partial charge in [0.15, 0.2) is 5.65 Å². The molecular formula is C16H18F3N7O2. The zero-order valence-corrected chi connectivity index (χ0v) is 15.0. The predicted octanol–water partition coefficient (Wildman–Crippen LogP) is 2.86. The molecule has 5 N–H and O–H groups in total. The van der Waals surface area contributed by atoms with Crippen LogP contribution in [-0.4, -0.2) is 31.9 Å². The predicted molar refractivity (Wildman–Crippen MR) is 96.1 cm³/mol. The van der Waals surface area contributed by atoms with E-state index in [-0.39, 0.29) is 28.5 Å². The summed E-state index contributed by atoms with van der Waals surface area (Å²) in [6.45, 7) is 4.25. The first kappa shape index (κ1) is 20.7. The molecule has 3 aromatic rings. The third-order valence-electron chi connectivity index (χ3n) is 3.01. The number of ether oxygens (including phenoxy) is 1. The first-order chi connectivity index (χ1) is 13.2. The van der Waals surface area contributed by atoms with Gasteiger partial charge in [-0.2, -0.15) is 9.61 Å². The number of nitrogen functional groups attached to an aromatic ring is 1. The van der Waals surface area contributed by atoms with Gasteiger partial charge in [0.05, 0.1) is 6.20 Å². The summed E-state index contributed by atoms with van der Waals surface area (Å²) < 4.78 is 42.3.